The van der Waals surface area contributed by atoms with Crippen molar-refractivity contribution in [2.75, 3.05) is 0 Å². The lowest BCUT2D eigenvalue weighted by molar-refractivity contribution is 0.470. The van der Waals surface area contributed by atoms with Gasteiger partial charge in [-0.3, -0.25) is 0 Å². The summed E-state index contributed by atoms with van der Waals surface area (Å²) in [6.45, 7) is 1.94. The van der Waals surface area contributed by atoms with Gasteiger partial charge in [0.15, 0.2) is 0 Å². The minimum Gasteiger partial charge on any atom is -0.457 e. The van der Waals surface area contributed by atoms with Crippen molar-refractivity contribution in [2.45, 2.75) is 18.0 Å². The fourth-order valence-corrected chi connectivity index (χ4v) is 3.75. The van der Waals surface area contributed by atoms with Crippen molar-refractivity contribution in [3.63, 3.8) is 0 Å². The van der Waals surface area contributed by atoms with Gasteiger partial charge in [0, 0.05) is 18.0 Å². The molecule has 2 nitrogen and oxygen atoms in total. The lowest BCUT2D eigenvalue weighted by Gasteiger charge is -2.13. The summed E-state index contributed by atoms with van der Waals surface area (Å²) in [5, 5.41) is 0. The van der Waals surface area contributed by atoms with E-state index in [9.17, 15) is 0 Å². The van der Waals surface area contributed by atoms with Gasteiger partial charge < -0.3 is 4.74 Å². The molecule has 0 radical (unpaired) electrons. The Morgan fingerprint density at radius 1 is 0.783 bits per heavy atom. The van der Waals surface area contributed by atoms with E-state index in [1.807, 2.05) is 54.4 Å². The first-order valence-corrected chi connectivity index (χ1v) is 8.47. The Bertz CT molecular complexity index is 761. The van der Waals surface area contributed by atoms with Gasteiger partial charge in [0.25, 0.3) is 0 Å². The number of nitrogens with zero attached hydrogens (tertiary/aromatic N) is 1. The Morgan fingerprint density at radius 2 is 1.48 bits per heavy atom. The molecule has 23 heavy (non-hydrogen) atoms. The second-order valence-corrected chi connectivity index (χ2v) is 6.69. The summed E-state index contributed by atoms with van der Waals surface area (Å²) < 4.78 is 8.22. The molecule has 3 aromatic rings. The monoisotopic (exact) mass is 319 g/mol. The predicted molar refractivity (Wildman–Crippen MR) is 94.5 cm³/mol. The summed E-state index contributed by atoms with van der Waals surface area (Å²) in [7, 11) is 0. The van der Waals surface area contributed by atoms with E-state index in [1.54, 1.807) is 0 Å². The van der Waals surface area contributed by atoms with Crippen LogP contribution in [-0.4, -0.2) is 4.31 Å². The van der Waals surface area contributed by atoms with Gasteiger partial charge in [-0.15, -0.1) is 0 Å². The number of benzene rings is 3. The van der Waals surface area contributed by atoms with Crippen LogP contribution in [0, 0.1) is 0 Å². The van der Waals surface area contributed by atoms with E-state index in [0.717, 1.165) is 24.6 Å². The van der Waals surface area contributed by atoms with E-state index in [0.29, 0.717) is 0 Å². The molecule has 0 amide bonds. The average Bonchev–Trinajstić information content (AvgIpc) is 3.00. The predicted octanol–water partition coefficient (Wildman–Crippen LogP) is 5.50. The molecule has 3 heteroatoms. The summed E-state index contributed by atoms with van der Waals surface area (Å²) in [5.74, 6) is 1.74. The van der Waals surface area contributed by atoms with Crippen LogP contribution in [0.1, 0.15) is 11.1 Å². The second-order valence-electron chi connectivity index (χ2n) is 5.56. The maximum atomic E-state index is 5.84. The highest BCUT2D eigenvalue weighted by Gasteiger charge is 2.19. The molecule has 0 saturated heterocycles. The summed E-state index contributed by atoms with van der Waals surface area (Å²) in [6, 6.07) is 26.8. The Labute approximate surface area is 140 Å². The molecule has 0 atom stereocenters. The number of rotatable bonds is 4. The maximum Gasteiger partial charge on any atom is 0.127 e. The summed E-state index contributed by atoms with van der Waals surface area (Å²) in [5.41, 5.74) is 2.72. The minimum absolute atomic E-state index is 0.866. The van der Waals surface area contributed by atoms with Crippen LogP contribution < -0.4 is 4.74 Å². The van der Waals surface area contributed by atoms with E-state index < -0.39 is 0 Å². The molecular weight excluding hydrogens is 302 g/mol. The molecule has 0 spiro atoms. The third-order valence-corrected chi connectivity index (χ3v) is 4.92. The third-order valence-electron chi connectivity index (χ3n) is 3.81. The molecule has 1 heterocycles. The van der Waals surface area contributed by atoms with Gasteiger partial charge in [-0.2, -0.15) is 0 Å². The van der Waals surface area contributed by atoms with Crippen molar-refractivity contribution >= 4 is 11.9 Å². The zero-order chi connectivity index (χ0) is 15.5. The van der Waals surface area contributed by atoms with Gasteiger partial charge in [-0.1, -0.05) is 48.5 Å². The molecule has 0 aliphatic carbocycles. The van der Waals surface area contributed by atoms with Gasteiger partial charge in [0.2, 0.25) is 0 Å². The molecule has 1 aliphatic heterocycles. The summed E-state index contributed by atoms with van der Waals surface area (Å²) in [6.07, 6.45) is 0. The highest BCUT2D eigenvalue weighted by molar-refractivity contribution is 7.97. The van der Waals surface area contributed by atoms with Crippen LogP contribution in [-0.2, 0) is 13.1 Å². The van der Waals surface area contributed by atoms with Gasteiger partial charge in [-0.25, -0.2) is 4.31 Å². The van der Waals surface area contributed by atoms with E-state index >= 15 is 0 Å². The molecular formula is C20H17NOS. The summed E-state index contributed by atoms with van der Waals surface area (Å²) >= 11 is 1.84. The Balaban J connectivity index is 1.40. The number of hydrogen-bond donors (Lipinski definition) is 0. The van der Waals surface area contributed by atoms with Gasteiger partial charge >= 0.3 is 0 Å². The standard InChI is InChI=1S/C20H17NOS/c1-2-7-18(8-3-1)22-19-12-10-16(11-13-19)14-21-15-17-6-4-5-9-20(17)23-21/h1-13H,14-15H2. The first-order valence-electron chi connectivity index (χ1n) is 7.69. The molecule has 4 rings (SSSR count). The largest absolute Gasteiger partial charge is 0.457 e. The first kappa shape index (κ1) is 14.4. The van der Waals surface area contributed by atoms with Crippen LogP contribution in [0.4, 0.5) is 0 Å². The highest BCUT2D eigenvalue weighted by Crippen LogP contribution is 2.36. The smallest absolute Gasteiger partial charge is 0.127 e. The molecule has 0 bridgehead atoms. The normalized spacial score (nSPS) is 13.7. The Morgan fingerprint density at radius 3 is 2.26 bits per heavy atom. The molecule has 0 unspecified atom stereocenters. The fourth-order valence-electron chi connectivity index (χ4n) is 2.66. The third kappa shape index (κ3) is 3.41. The number of fused-ring (bicyclic) bond motifs is 1. The van der Waals surface area contributed by atoms with Crippen molar-refractivity contribution in [2.24, 2.45) is 0 Å². The van der Waals surface area contributed by atoms with Crippen LogP contribution in [0.2, 0.25) is 0 Å². The number of para-hydroxylation sites is 1. The van der Waals surface area contributed by atoms with Crippen molar-refractivity contribution in [1.29, 1.82) is 0 Å². The van der Waals surface area contributed by atoms with E-state index in [4.69, 9.17) is 4.74 Å². The van der Waals surface area contributed by atoms with Crippen LogP contribution >= 0.6 is 11.9 Å². The molecule has 0 aromatic heterocycles. The zero-order valence-corrected chi connectivity index (χ0v) is 13.5. The van der Waals surface area contributed by atoms with E-state index in [1.165, 1.54) is 16.0 Å². The lowest BCUT2D eigenvalue weighted by atomic mass is 10.2. The number of ether oxygens (including phenoxy) is 1. The van der Waals surface area contributed by atoms with Crippen LogP contribution in [0.5, 0.6) is 11.5 Å². The van der Waals surface area contributed by atoms with E-state index in [2.05, 4.69) is 40.7 Å². The molecule has 1 aliphatic rings. The topological polar surface area (TPSA) is 12.5 Å². The molecule has 3 aromatic carbocycles. The van der Waals surface area contributed by atoms with E-state index in [-0.39, 0.29) is 0 Å². The van der Waals surface area contributed by atoms with Crippen molar-refractivity contribution in [1.82, 2.24) is 4.31 Å². The fraction of sp³-hybridized carbons (Fsp3) is 0.100. The molecule has 0 saturated carbocycles. The molecule has 0 N–H and O–H groups in total. The zero-order valence-electron chi connectivity index (χ0n) is 12.7. The van der Waals surface area contributed by atoms with Crippen molar-refractivity contribution < 1.29 is 4.74 Å². The van der Waals surface area contributed by atoms with Crippen molar-refractivity contribution in [3.05, 3.63) is 90.0 Å². The lowest BCUT2D eigenvalue weighted by Crippen LogP contribution is -2.09. The first-order chi connectivity index (χ1) is 11.4. The SMILES string of the molecule is c1ccc(Oc2ccc(CN3Cc4ccccc4S3)cc2)cc1. The molecule has 114 valence electrons. The molecule has 0 fully saturated rings. The maximum absolute atomic E-state index is 5.84. The van der Waals surface area contributed by atoms with Crippen LogP contribution in [0.15, 0.2) is 83.8 Å². The van der Waals surface area contributed by atoms with Crippen LogP contribution in [0.3, 0.4) is 0 Å². The Hall–Kier alpha value is -2.23. The van der Waals surface area contributed by atoms with Gasteiger partial charge in [-0.05, 0) is 53.4 Å². The van der Waals surface area contributed by atoms with Crippen molar-refractivity contribution in [3.8, 4) is 11.5 Å². The average molecular weight is 319 g/mol. The Kier molecular flexibility index (Phi) is 4.05. The quantitative estimate of drug-likeness (QED) is 0.589. The summed E-state index contributed by atoms with van der Waals surface area (Å²) in [4.78, 5) is 1.37. The number of hydrogen-bond acceptors (Lipinski definition) is 3. The van der Waals surface area contributed by atoms with Gasteiger partial charge in [0.05, 0.1) is 0 Å². The second kappa shape index (κ2) is 6.49. The van der Waals surface area contributed by atoms with Gasteiger partial charge in [0.1, 0.15) is 11.5 Å². The van der Waals surface area contributed by atoms with Crippen LogP contribution in [0.25, 0.3) is 0 Å². The minimum atomic E-state index is 0.866. The highest BCUT2D eigenvalue weighted by atomic mass is 32.2.